The minimum atomic E-state index is -0.489. The third kappa shape index (κ3) is 4.54. The van der Waals surface area contributed by atoms with Crippen molar-refractivity contribution >= 4 is 29.1 Å². The molecule has 0 spiro atoms. The standard InChI is InChI=1S/C18H14ClNO4/c1-2-10-24-18-9-7-14(19)12-16(18)17(21)8-6-13-4-3-5-15(11-13)20(22)23/h2-9,11-12H,1,10H2/b8-6+. The molecule has 5 nitrogen and oxygen atoms in total. The Bertz CT molecular complexity index is 814. The predicted molar refractivity (Wildman–Crippen MR) is 93.6 cm³/mol. The minimum absolute atomic E-state index is 0.0395. The minimum Gasteiger partial charge on any atom is -0.489 e. The van der Waals surface area contributed by atoms with Crippen LogP contribution in [-0.2, 0) is 0 Å². The van der Waals surface area contributed by atoms with Crippen LogP contribution in [0.3, 0.4) is 0 Å². The molecule has 0 aromatic heterocycles. The van der Waals surface area contributed by atoms with E-state index in [1.807, 2.05) is 0 Å². The number of allylic oxidation sites excluding steroid dienone is 1. The molecule has 0 amide bonds. The van der Waals surface area contributed by atoms with Gasteiger partial charge in [-0.15, -0.1) is 0 Å². The smallest absolute Gasteiger partial charge is 0.270 e. The monoisotopic (exact) mass is 343 g/mol. The molecular weight excluding hydrogens is 330 g/mol. The summed E-state index contributed by atoms with van der Waals surface area (Å²) in [6.07, 6.45) is 4.40. The highest BCUT2D eigenvalue weighted by Gasteiger charge is 2.11. The van der Waals surface area contributed by atoms with E-state index in [2.05, 4.69) is 6.58 Å². The van der Waals surface area contributed by atoms with E-state index in [1.54, 1.807) is 30.3 Å². The maximum Gasteiger partial charge on any atom is 0.270 e. The number of hydrogen-bond donors (Lipinski definition) is 0. The number of carbonyl (C=O) groups excluding carboxylic acids is 1. The maximum absolute atomic E-state index is 12.4. The Balaban J connectivity index is 2.26. The van der Waals surface area contributed by atoms with E-state index in [0.717, 1.165) is 0 Å². The quantitative estimate of drug-likeness (QED) is 0.240. The number of nitro benzene ring substituents is 1. The van der Waals surface area contributed by atoms with Gasteiger partial charge in [0.15, 0.2) is 5.78 Å². The zero-order valence-electron chi connectivity index (χ0n) is 12.6. The Kier molecular flexibility index (Phi) is 5.87. The Labute approximate surface area is 144 Å². The largest absolute Gasteiger partial charge is 0.489 e. The Morgan fingerprint density at radius 3 is 2.79 bits per heavy atom. The summed E-state index contributed by atoms with van der Waals surface area (Å²) in [4.78, 5) is 22.7. The zero-order valence-corrected chi connectivity index (χ0v) is 13.4. The number of ketones is 1. The highest BCUT2D eigenvalue weighted by molar-refractivity contribution is 6.31. The van der Waals surface area contributed by atoms with Crippen molar-refractivity contribution in [1.82, 2.24) is 0 Å². The van der Waals surface area contributed by atoms with Gasteiger partial charge in [-0.05, 0) is 29.8 Å². The molecule has 122 valence electrons. The van der Waals surface area contributed by atoms with Gasteiger partial charge < -0.3 is 4.74 Å². The number of non-ortho nitro benzene ring substituents is 1. The third-order valence-electron chi connectivity index (χ3n) is 3.07. The molecular formula is C18H14ClNO4. The fourth-order valence-corrected chi connectivity index (χ4v) is 2.15. The van der Waals surface area contributed by atoms with Crippen molar-refractivity contribution in [2.24, 2.45) is 0 Å². The normalized spacial score (nSPS) is 10.5. The molecule has 0 saturated carbocycles. The molecule has 0 heterocycles. The average Bonchev–Trinajstić information content (AvgIpc) is 2.58. The summed E-state index contributed by atoms with van der Waals surface area (Å²) in [5, 5.41) is 11.2. The second-order valence-electron chi connectivity index (χ2n) is 4.79. The number of ether oxygens (including phenoxy) is 1. The lowest BCUT2D eigenvalue weighted by molar-refractivity contribution is -0.384. The molecule has 0 unspecified atom stereocenters. The van der Waals surface area contributed by atoms with E-state index in [1.165, 1.54) is 30.4 Å². The lowest BCUT2D eigenvalue weighted by Gasteiger charge is -2.08. The van der Waals surface area contributed by atoms with Crippen LogP contribution in [0, 0.1) is 10.1 Å². The first-order valence-electron chi connectivity index (χ1n) is 7.01. The Morgan fingerprint density at radius 1 is 1.29 bits per heavy atom. The van der Waals surface area contributed by atoms with Crippen LogP contribution in [0.2, 0.25) is 5.02 Å². The van der Waals surface area contributed by atoms with Gasteiger partial charge in [0, 0.05) is 17.2 Å². The number of benzene rings is 2. The summed E-state index contributed by atoms with van der Waals surface area (Å²) < 4.78 is 5.44. The number of nitro groups is 1. The third-order valence-corrected chi connectivity index (χ3v) is 3.31. The van der Waals surface area contributed by atoms with Crippen LogP contribution in [0.1, 0.15) is 15.9 Å². The van der Waals surface area contributed by atoms with Gasteiger partial charge in [0.2, 0.25) is 0 Å². The van der Waals surface area contributed by atoms with Gasteiger partial charge in [0.1, 0.15) is 12.4 Å². The highest BCUT2D eigenvalue weighted by Crippen LogP contribution is 2.24. The van der Waals surface area contributed by atoms with E-state index in [0.29, 0.717) is 21.9 Å². The Hall–Kier alpha value is -2.92. The summed E-state index contributed by atoms with van der Waals surface area (Å²) in [5.41, 5.74) is 0.821. The van der Waals surface area contributed by atoms with Crippen LogP contribution in [-0.4, -0.2) is 17.3 Å². The van der Waals surface area contributed by atoms with Crippen molar-refractivity contribution in [3.8, 4) is 5.75 Å². The summed E-state index contributed by atoms with van der Waals surface area (Å²) in [5.74, 6) is 0.0797. The van der Waals surface area contributed by atoms with Crippen molar-refractivity contribution in [2.45, 2.75) is 0 Å². The van der Waals surface area contributed by atoms with Crippen molar-refractivity contribution in [3.63, 3.8) is 0 Å². The van der Waals surface area contributed by atoms with Crippen LogP contribution < -0.4 is 4.74 Å². The van der Waals surface area contributed by atoms with Gasteiger partial charge in [-0.2, -0.15) is 0 Å². The summed E-state index contributed by atoms with van der Waals surface area (Å²) in [7, 11) is 0. The lowest BCUT2D eigenvalue weighted by Crippen LogP contribution is -2.02. The topological polar surface area (TPSA) is 69.4 Å². The van der Waals surface area contributed by atoms with Gasteiger partial charge >= 0.3 is 0 Å². The molecule has 2 aromatic carbocycles. The first kappa shape index (κ1) is 17.4. The second kappa shape index (κ2) is 8.08. The summed E-state index contributed by atoms with van der Waals surface area (Å²) in [6, 6.07) is 10.7. The van der Waals surface area contributed by atoms with Crippen LogP contribution >= 0.6 is 11.6 Å². The maximum atomic E-state index is 12.4. The lowest BCUT2D eigenvalue weighted by atomic mass is 10.1. The molecule has 0 aliphatic carbocycles. The number of rotatable bonds is 7. The molecule has 24 heavy (non-hydrogen) atoms. The van der Waals surface area contributed by atoms with Gasteiger partial charge in [-0.3, -0.25) is 14.9 Å². The molecule has 0 N–H and O–H groups in total. The van der Waals surface area contributed by atoms with E-state index >= 15 is 0 Å². The molecule has 6 heteroatoms. The van der Waals surface area contributed by atoms with Gasteiger partial charge in [-0.25, -0.2) is 0 Å². The van der Waals surface area contributed by atoms with E-state index in [-0.39, 0.29) is 18.1 Å². The van der Waals surface area contributed by atoms with Crippen molar-refractivity contribution in [3.05, 3.63) is 87.5 Å². The first-order chi connectivity index (χ1) is 11.5. The molecule has 0 bridgehead atoms. The number of halogens is 1. The van der Waals surface area contributed by atoms with Gasteiger partial charge in [0.25, 0.3) is 5.69 Å². The predicted octanol–water partition coefficient (Wildman–Crippen LogP) is 4.71. The number of carbonyl (C=O) groups is 1. The SMILES string of the molecule is C=CCOc1ccc(Cl)cc1C(=O)/C=C/c1cccc([N+](=O)[O-])c1. The average molecular weight is 344 g/mol. The molecule has 0 saturated heterocycles. The Morgan fingerprint density at radius 2 is 2.08 bits per heavy atom. The van der Waals surface area contributed by atoms with Crippen LogP contribution in [0.5, 0.6) is 5.75 Å². The summed E-state index contributed by atoms with van der Waals surface area (Å²) in [6.45, 7) is 3.82. The van der Waals surface area contributed by atoms with Gasteiger partial charge in [0.05, 0.1) is 10.5 Å². The van der Waals surface area contributed by atoms with E-state index < -0.39 is 4.92 Å². The van der Waals surface area contributed by atoms with E-state index in [9.17, 15) is 14.9 Å². The molecule has 0 atom stereocenters. The fourth-order valence-electron chi connectivity index (χ4n) is 1.97. The zero-order chi connectivity index (χ0) is 17.5. The summed E-state index contributed by atoms with van der Waals surface area (Å²) >= 11 is 5.94. The molecule has 2 aromatic rings. The fraction of sp³-hybridized carbons (Fsp3) is 0.0556. The number of nitrogens with zero attached hydrogens (tertiary/aromatic N) is 1. The van der Waals surface area contributed by atoms with Crippen LogP contribution in [0.4, 0.5) is 5.69 Å². The van der Waals surface area contributed by atoms with Crippen molar-refractivity contribution in [2.75, 3.05) is 6.61 Å². The molecule has 0 fully saturated rings. The molecule has 2 rings (SSSR count). The van der Waals surface area contributed by atoms with Crippen molar-refractivity contribution in [1.29, 1.82) is 0 Å². The number of hydrogen-bond acceptors (Lipinski definition) is 4. The molecule has 0 aliphatic rings. The molecule has 0 aliphatic heterocycles. The molecule has 0 radical (unpaired) electrons. The van der Waals surface area contributed by atoms with Gasteiger partial charge in [-0.1, -0.05) is 42.5 Å². The second-order valence-corrected chi connectivity index (χ2v) is 5.23. The van der Waals surface area contributed by atoms with Crippen molar-refractivity contribution < 1.29 is 14.5 Å². The van der Waals surface area contributed by atoms with E-state index in [4.69, 9.17) is 16.3 Å². The highest BCUT2D eigenvalue weighted by atomic mass is 35.5. The van der Waals surface area contributed by atoms with Crippen LogP contribution in [0.25, 0.3) is 6.08 Å². The van der Waals surface area contributed by atoms with Crippen LogP contribution in [0.15, 0.2) is 61.2 Å². The first-order valence-corrected chi connectivity index (χ1v) is 7.39.